The number of rotatable bonds is 6. The fourth-order valence-corrected chi connectivity index (χ4v) is 2.31. The van der Waals surface area contributed by atoms with Crippen molar-refractivity contribution in [2.24, 2.45) is 0 Å². The molecule has 1 aliphatic heterocycles. The summed E-state index contributed by atoms with van der Waals surface area (Å²) in [7, 11) is 1.68. The van der Waals surface area contributed by atoms with Crippen LogP contribution in [0.4, 0.5) is 0 Å². The van der Waals surface area contributed by atoms with Gasteiger partial charge in [0.2, 0.25) is 0 Å². The number of hydrogen-bond acceptors (Lipinski definition) is 3. The van der Waals surface area contributed by atoms with Crippen LogP contribution in [0.5, 0.6) is 5.75 Å². The van der Waals surface area contributed by atoms with Crippen LogP contribution in [0, 0.1) is 0 Å². The zero-order valence-corrected chi connectivity index (χ0v) is 11.2. The molecule has 2 rings (SSSR count). The molecule has 1 aromatic rings. The van der Waals surface area contributed by atoms with Gasteiger partial charge in [0.15, 0.2) is 0 Å². The maximum absolute atomic E-state index is 5.72. The molecule has 0 saturated carbocycles. The second kappa shape index (κ2) is 7.39. The molecule has 0 aliphatic carbocycles. The average Bonchev–Trinajstić information content (AvgIpc) is 2.45. The van der Waals surface area contributed by atoms with Crippen LogP contribution in [0.15, 0.2) is 24.3 Å². The third kappa shape index (κ3) is 4.31. The molecule has 18 heavy (non-hydrogen) atoms. The maximum atomic E-state index is 5.72. The van der Waals surface area contributed by atoms with Gasteiger partial charge in [-0.1, -0.05) is 18.6 Å². The molecule has 0 radical (unpaired) electrons. The van der Waals surface area contributed by atoms with Gasteiger partial charge in [0, 0.05) is 12.6 Å². The van der Waals surface area contributed by atoms with Crippen LogP contribution in [0.3, 0.4) is 0 Å². The van der Waals surface area contributed by atoms with Gasteiger partial charge < -0.3 is 14.8 Å². The zero-order valence-electron chi connectivity index (χ0n) is 11.2. The van der Waals surface area contributed by atoms with E-state index in [0.717, 1.165) is 18.8 Å². The molecular formula is C15H23NO2. The highest BCUT2D eigenvalue weighted by Gasteiger charge is 2.11. The summed E-state index contributed by atoms with van der Waals surface area (Å²) in [5, 5.41) is 3.54. The summed E-state index contributed by atoms with van der Waals surface area (Å²) >= 11 is 0. The summed E-state index contributed by atoms with van der Waals surface area (Å²) in [5.41, 5.74) is 1.20. The first-order valence-electron chi connectivity index (χ1n) is 6.82. The lowest BCUT2D eigenvalue weighted by molar-refractivity contribution is 0.108. The predicted molar refractivity (Wildman–Crippen MR) is 72.9 cm³/mol. The van der Waals surface area contributed by atoms with E-state index in [1.165, 1.54) is 31.4 Å². The molecule has 100 valence electrons. The number of nitrogens with one attached hydrogen (secondary N) is 1. The van der Waals surface area contributed by atoms with Crippen molar-refractivity contribution in [2.45, 2.75) is 38.3 Å². The van der Waals surface area contributed by atoms with E-state index < -0.39 is 0 Å². The van der Waals surface area contributed by atoms with E-state index in [0.29, 0.717) is 12.6 Å². The molecule has 0 spiro atoms. The first kappa shape index (κ1) is 13.4. The minimum atomic E-state index is 0.662. The van der Waals surface area contributed by atoms with Crippen LogP contribution in [-0.2, 0) is 11.3 Å². The Morgan fingerprint density at radius 3 is 2.72 bits per heavy atom. The lowest BCUT2D eigenvalue weighted by Gasteiger charge is -2.23. The number of hydrogen-bond donors (Lipinski definition) is 1. The fourth-order valence-electron chi connectivity index (χ4n) is 2.31. The standard InChI is InChI=1S/C15H23NO2/c1-17-15-7-5-13(6-8-15)12-18-11-9-14-4-2-3-10-16-14/h5-8,14,16H,2-4,9-12H2,1H3/t14-/m1/s1. The molecule has 0 amide bonds. The van der Waals surface area contributed by atoms with Crippen LogP contribution in [0.25, 0.3) is 0 Å². The SMILES string of the molecule is COc1ccc(COCC[C@H]2CCCCN2)cc1. The monoisotopic (exact) mass is 249 g/mol. The van der Waals surface area contributed by atoms with Gasteiger partial charge in [-0.05, 0) is 43.5 Å². The van der Waals surface area contributed by atoms with E-state index in [4.69, 9.17) is 9.47 Å². The van der Waals surface area contributed by atoms with E-state index in [2.05, 4.69) is 17.4 Å². The van der Waals surface area contributed by atoms with Gasteiger partial charge in [-0.25, -0.2) is 0 Å². The lowest BCUT2D eigenvalue weighted by atomic mass is 10.0. The van der Waals surface area contributed by atoms with E-state index in [1.807, 2.05) is 12.1 Å². The third-order valence-electron chi connectivity index (χ3n) is 3.45. The lowest BCUT2D eigenvalue weighted by Crippen LogP contribution is -2.34. The van der Waals surface area contributed by atoms with E-state index in [1.54, 1.807) is 7.11 Å². The highest BCUT2D eigenvalue weighted by Crippen LogP contribution is 2.13. The molecule has 0 aromatic heterocycles. The molecule has 1 atom stereocenters. The minimum absolute atomic E-state index is 0.662. The summed E-state index contributed by atoms with van der Waals surface area (Å²) in [6.07, 6.45) is 5.10. The Hall–Kier alpha value is -1.06. The van der Waals surface area contributed by atoms with Gasteiger partial charge in [-0.15, -0.1) is 0 Å². The maximum Gasteiger partial charge on any atom is 0.118 e. The Morgan fingerprint density at radius 1 is 1.22 bits per heavy atom. The van der Waals surface area contributed by atoms with Crippen molar-refractivity contribution in [3.05, 3.63) is 29.8 Å². The Balaban J connectivity index is 1.62. The summed E-state index contributed by atoms with van der Waals surface area (Å²) in [6, 6.07) is 8.72. The van der Waals surface area contributed by atoms with Gasteiger partial charge in [-0.3, -0.25) is 0 Å². The van der Waals surface area contributed by atoms with E-state index in [-0.39, 0.29) is 0 Å². The summed E-state index contributed by atoms with van der Waals surface area (Å²) in [4.78, 5) is 0. The van der Waals surface area contributed by atoms with Crippen molar-refractivity contribution in [3.63, 3.8) is 0 Å². The summed E-state index contributed by atoms with van der Waals surface area (Å²) < 4.78 is 10.8. The minimum Gasteiger partial charge on any atom is -0.497 e. The Bertz CT molecular complexity index is 331. The Labute approximate surface area is 109 Å². The Morgan fingerprint density at radius 2 is 2.06 bits per heavy atom. The van der Waals surface area contributed by atoms with Crippen molar-refractivity contribution in [3.8, 4) is 5.75 Å². The number of benzene rings is 1. The molecule has 0 bridgehead atoms. The van der Waals surface area contributed by atoms with E-state index >= 15 is 0 Å². The first-order chi connectivity index (χ1) is 8.88. The highest BCUT2D eigenvalue weighted by atomic mass is 16.5. The van der Waals surface area contributed by atoms with E-state index in [9.17, 15) is 0 Å². The number of methoxy groups -OCH3 is 1. The second-order valence-corrected chi connectivity index (χ2v) is 4.84. The topological polar surface area (TPSA) is 30.5 Å². The van der Waals surface area contributed by atoms with Crippen molar-refractivity contribution in [1.82, 2.24) is 5.32 Å². The number of ether oxygens (including phenoxy) is 2. The molecule has 1 aliphatic rings. The van der Waals surface area contributed by atoms with Crippen LogP contribution in [0.2, 0.25) is 0 Å². The van der Waals surface area contributed by atoms with Gasteiger partial charge in [0.25, 0.3) is 0 Å². The van der Waals surface area contributed by atoms with Crippen molar-refractivity contribution in [1.29, 1.82) is 0 Å². The molecule has 1 heterocycles. The molecule has 3 heteroatoms. The largest absolute Gasteiger partial charge is 0.497 e. The highest BCUT2D eigenvalue weighted by molar-refractivity contribution is 5.26. The molecule has 0 unspecified atom stereocenters. The van der Waals surface area contributed by atoms with Crippen LogP contribution >= 0.6 is 0 Å². The summed E-state index contributed by atoms with van der Waals surface area (Å²) in [6.45, 7) is 2.70. The quantitative estimate of drug-likeness (QED) is 0.786. The summed E-state index contributed by atoms with van der Waals surface area (Å²) in [5.74, 6) is 0.894. The average molecular weight is 249 g/mol. The van der Waals surface area contributed by atoms with Crippen molar-refractivity contribution >= 4 is 0 Å². The van der Waals surface area contributed by atoms with Crippen LogP contribution in [-0.4, -0.2) is 26.3 Å². The van der Waals surface area contributed by atoms with Crippen LogP contribution in [0.1, 0.15) is 31.2 Å². The molecule has 3 nitrogen and oxygen atoms in total. The molecule has 1 saturated heterocycles. The second-order valence-electron chi connectivity index (χ2n) is 4.84. The van der Waals surface area contributed by atoms with Gasteiger partial charge in [0.1, 0.15) is 5.75 Å². The normalized spacial score (nSPS) is 19.7. The fraction of sp³-hybridized carbons (Fsp3) is 0.600. The number of piperidine rings is 1. The molecule has 1 fully saturated rings. The van der Waals surface area contributed by atoms with Gasteiger partial charge in [-0.2, -0.15) is 0 Å². The van der Waals surface area contributed by atoms with Crippen molar-refractivity contribution in [2.75, 3.05) is 20.3 Å². The van der Waals surface area contributed by atoms with Crippen LogP contribution < -0.4 is 10.1 Å². The molecular weight excluding hydrogens is 226 g/mol. The molecule has 1 N–H and O–H groups in total. The Kier molecular flexibility index (Phi) is 5.49. The molecule has 1 aromatic carbocycles. The smallest absolute Gasteiger partial charge is 0.118 e. The third-order valence-corrected chi connectivity index (χ3v) is 3.45. The van der Waals surface area contributed by atoms with Crippen molar-refractivity contribution < 1.29 is 9.47 Å². The predicted octanol–water partition coefficient (Wildman–Crippen LogP) is 2.74. The van der Waals surface area contributed by atoms with Gasteiger partial charge >= 0.3 is 0 Å². The zero-order chi connectivity index (χ0) is 12.6. The van der Waals surface area contributed by atoms with Gasteiger partial charge in [0.05, 0.1) is 13.7 Å². The first-order valence-corrected chi connectivity index (χ1v) is 6.82.